The Balaban J connectivity index is 2.12. The van der Waals surface area contributed by atoms with Crippen molar-refractivity contribution in [3.8, 4) is 23.5 Å². The van der Waals surface area contributed by atoms with Gasteiger partial charge in [0.1, 0.15) is 40.1 Å². The van der Waals surface area contributed by atoms with Gasteiger partial charge in [0.05, 0.1) is 22.6 Å². The van der Waals surface area contributed by atoms with E-state index in [2.05, 4.69) is 11.1 Å². The molecule has 2 aromatic heterocycles. The number of anilines is 1. The molecular weight excluding hydrogens is 324 g/mol. The van der Waals surface area contributed by atoms with Gasteiger partial charge >= 0.3 is 0 Å². The molecule has 7 heteroatoms. The van der Waals surface area contributed by atoms with Crippen molar-refractivity contribution in [2.45, 2.75) is 36.0 Å². The Bertz CT molecular complexity index is 862. The second-order valence-corrected chi connectivity index (χ2v) is 6.64. The summed E-state index contributed by atoms with van der Waals surface area (Å²) in [6.45, 7) is 0. The van der Waals surface area contributed by atoms with Crippen molar-refractivity contribution in [3.05, 3.63) is 29.5 Å². The van der Waals surface area contributed by atoms with Crippen LogP contribution >= 0.6 is 11.8 Å². The zero-order chi connectivity index (χ0) is 17.1. The third-order valence-corrected chi connectivity index (χ3v) is 5.24. The molecule has 120 valence electrons. The van der Waals surface area contributed by atoms with Gasteiger partial charge in [0.2, 0.25) is 0 Å². The highest BCUT2D eigenvalue weighted by molar-refractivity contribution is 8.00. The summed E-state index contributed by atoms with van der Waals surface area (Å²) >= 11 is 1.25. The molecule has 2 N–H and O–H groups in total. The number of nitrogen functional groups attached to an aromatic ring is 1. The summed E-state index contributed by atoms with van der Waals surface area (Å²) in [5, 5.41) is 19.2. The van der Waals surface area contributed by atoms with Gasteiger partial charge in [-0.05, 0) is 25.0 Å². The number of nitrogens with two attached hydrogens (primary N) is 1. The van der Waals surface area contributed by atoms with E-state index in [-0.39, 0.29) is 28.0 Å². The molecule has 0 amide bonds. The van der Waals surface area contributed by atoms with E-state index >= 15 is 0 Å². The number of pyridine rings is 1. The maximum Gasteiger partial charge on any atom is 0.146 e. The highest BCUT2D eigenvalue weighted by atomic mass is 32.2. The number of carbonyl (C=O) groups is 1. The lowest BCUT2D eigenvalue weighted by Crippen LogP contribution is -2.21. The van der Waals surface area contributed by atoms with Gasteiger partial charge in [-0.2, -0.15) is 10.5 Å². The van der Waals surface area contributed by atoms with Crippen LogP contribution in [0.2, 0.25) is 0 Å². The van der Waals surface area contributed by atoms with Gasteiger partial charge in [0.15, 0.2) is 0 Å². The van der Waals surface area contributed by atoms with Crippen molar-refractivity contribution in [3.63, 3.8) is 0 Å². The maximum absolute atomic E-state index is 12.1. The normalized spacial score (nSPS) is 17.2. The summed E-state index contributed by atoms with van der Waals surface area (Å²) in [7, 11) is 0. The number of ketones is 1. The SMILES string of the molecule is N#Cc1c(N)nc(S[C@H]2CCCCC2=O)c(C#N)c1-c1ccco1. The molecule has 0 radical (unpaired) electrons. The fraction of sp³-hybridized carbons (Fsp3) is 0.294. The summed E-state index contributed by atoms with van der Waals surface area (Å²) in [6.07, 6.45) is 4.65. The zero-order valence-electron chi connectivity index (χ0n) is 12.8. The molecule has 2 heterocycles. The zero-order valence-corrected chi connectivity index (χ0v) is 13.6. The second-order valence-electron chi connectivity index (χ2n) is 5.45. The van der Waals surface area contributed by atoms with E-state index in [1.165, 1.54) is 18.0 Å². The number of furan rings is 1. The maximum atomic E-state index is 12.1. The van der Waals surface area contributed by atoms with Gasteiger partial charge in [0, 0.05) is 6.42 Å². The predicted octanol–water partition coefficient (Wildman–Crippen LogP) is 3.27. The Morgan fingerprint density at radius 2 is 2.08 bits per heavy atom. The van der Waals surface area contributed by atoms with Crippen molar-refractivity contribution in [2.75, 3.05) is 5.73 Å². The van der Waals surface area contributed by atoms with Gasteiger partial charge in [-0.15, -0.1) is 0 Å². The van der Waals surface area contributed by atoms with Crippen LogP contribution in [0.1, 0.15) is 36.8 Å². The largest absolute Gasteiger partial charge is 0.464 e. The first-order valence-electron chi connectivity index (χ1n) is 7.52. The number of thioether (sulfide) groups is 1. The monoisotopic (exact) mass is 338 g/mol. The molecule has 2 aromatic rings. The van der Waals surface area contributed by atoms with Crippen LogP contribution < -0.4 is 5.73 Å². The molecule has 1 atom stereocenters. The molecule has 24 heavy (non-hydrogen) atoms. The van der Waals surface area contributed by atoms with E-state index in [0.29, 0.717) is 22.8 Å². The quantitative estimate of drug-likeness (QED) is 0.912. The summed E-state index contributed by atoms with van der Waals surface area (Å²) in [5.41, 5.74) is 6.59. The van der Waals surface area contributed by atoms with Gasteiger partial charge in [-0.3, -0.25) is 4.79 Å². The van der Waals surface area contributed by atoms with Gasteiger partial charge < -0.3 is 10.2 Å². The standard InChI is InChI=1S/C17H14N4O2S/c18-8-10-15(13-5-3-7-23-13)11(9-19)17(21-16(10)20)24-14-6-2-1-4-12(14)22/h3,5,7,14H,1-2,4,6H2,(H2,20,21)/t14-/m0/s1. The van der Waals surface area contributed by atoms with Gasteiger partial charge in [-0.1, -0.05) is 18.2 Å². The number of carbonyl (C=O) groups excluding carboxylic acids is 1. The number of Topliss-reactive ketones (excluding diaryl/α,β-unsaturated/α-hetero) is 1. The van der Waals surface area contributed by atoms with Crippen LogP contribution in [-0.4, -0.2) is 16.0 Å². The topological polar surface area (TPSA) is 117 Å². The van der Waals surface area contributed by atoms with Gasteiger partial charge in [0.25, 0.3) is 0 Å². The molecule has 0 spiro atoms. The minimum absolute atomic E-state index is 0.0358. The molecular formula is C17H14N4O2S. The van der Waals surface area contributed by atoms with E-state index in [1.54, 1.807) is 12.1 Å². The Morgan fingerprint density at radius 1 is 1.29 bits per heavy atom. The highest BCUT2D eigenvalue weighted by Crippen LogP contribution is 2.39. The van der Waals surface area contributed by atoms with E-state index in [4.69, 9.17) is 10.2 Å². The van der Waals surface area contributed by atoms with Gasteiger partial charge in [-0.25, -0.2) is 4.98 Å². The molecule has 0 aliphatic heterocycles. The first-order valence-corrected chi connectivity index (χ1v) is 8.40. The third-order valence-electron chi connectivity index (χ3n) is 3.94. The molecule has 0 bridgehead atoms. The van der Waals surface area contributed by atoms with E-state index in [9.17, 15) is 15.3 Å². The van der Waals surface area contributed by atoms with Crippen molar-refractivity contribution in [1.29, 1.82) is 10.5 Å². The number of nitrogens with zero attached hydrogens (tertiary/aromatic N) is 3. The minimum Gasteiger partial charge on any atom is -0.464 e. The fourth-order valence-electron chi connectivity index (χ4n) is 2.76. The van der Waals surface area contributed by atoms with E-state index in [0.717, 1.165) is 19.3 Å². The Labute approximate surface area is 143 Å². The average molecular weight is 338 g/mol. The first kappa shape index (κ1) is 16.1. The highest BCUT2D eigenvalue weighted by Gasteiger charge is 2.28. The molecule has 0 saturated heterocycles. The van der Waals surface area contributed by atoms with Crippen molar-refractivity contribution in [1.82, 2.24) is 4.98 Å². The summed E-state index contributed by atoms with van der Waals surface area (Å²) in [4.78, 5) is 16.3. The van der Waals surface area contributed by atoms with Crippen LogP contribution in [0, 0.1) is 22.7 Å². The lowest BCUT2D eigenvalue weighted by molar-refractivity contribution is -0.119. The first-order chi connectivity index (χ1) is 11.7. The number of hydrogen-bond acceptors (Lipinski definition) is 7. The number of hydrogen-bond donors (Lipinski definition) is 1. The molecule has 1 aliphatic rings. The molecule has 0 unspecified atom stereocenters. The lowest BCUT2D eigenvalue weighted by atomic mass is 9.99. The van der Waals surface area contributed by atoms with Crippen molar-refractivity contribution < 1.29 is 9.21 Å². The smallest absolute Gasteiger partial charge is 0.146 e. The Morgan fingerprint density at radius 3 is 2.71 bits per heavy atom. The van der Waals surface area contributed by atoms with Crippen LogP contribution in [0.5, 0.6) is 0 Å². The fourth-order valence-corrected chi connectivity index (χ4v) is 3.98. The molecule has 1 saturated carbocycles. The van der Waals surface area contributed by atoms with E-state index < -0.39 is 0 Å². The van der Waals surface area contributed by atoms with Crippen LogP contribution in [0.3, 0.4) is 0 Å². The minimum atomic E-state index is -0.227. The Hall–Kier alpha value is -2.77. The molecule has 3 rings (SSSR count). The van der Waals surface area contributed by atoms with Crippen LogP contribution in [0.15, 0.2) is 27.8 Å². The molecule has 1 fully saturated rings. The summed E-state index contributed by atoms with van der Waals surface area (Å²) in [5.74, 6) is 0.585. The number of nitriles is 2. The average Bonchev–Trinajstić information content (AvgIpc) is 3.10. The molecule has 0 aromatic carbocycles. The number of aromatic nitrogens is 1. The van der Waals surface area contributed by atoms with E-state index in [1.807, 2.05) is 6.07 Å². The summed E-state index contributed by atoms with van der Waals surface area (Å²) < 4.78 is 5.36. The number of rotatable bonds is 3. The van der Waals surface area contributed by atoms with Crippen molar-refractivity contribution >= 4 is 23.4 Å². The molecule has 1 aliphatic carbocycles. The summed E-state index contributed by atoms with van der Waals surface area (Å²) in [6, 6.07) is 7.42. The Kier molecular flexibility index (Phi) is 4.54. The van der Waals surface area contributed by atoms with Crippen LogP contribution in [0.25, 0.3) is 11.3 Å². The third kappa shape index (κ3) is 2.86. The van der Waals surface area contributed by atoms with Crippen molar-refractivity contribution in [2.24, 2.45) is 0 Å². The van der Waals surface area contributed by atoms with Crippen LogP contribution in [0.4, 0.5) is 5.82 Å². The second kappa shape index (κ2) is 6.77. The lowest BCUT2D eigenvalue weighted by Gasteiger charge is -2.20. The predicted molar refractivity (Wildman–Crippen MR) is 88.9 cm³/mol. The van der Waals surface area contributed by atoms with Crippen LogP contribution in [-0.2, 0) is 4.79 Å². The molecule has 6 nitrogen and oxygen atoms in total.